The number of halogens is 2. The van der Waals surface area contributed by atoms with E-state index in [9.17, 15) is 4.39 Å². The lowest BCUT2D eigenvalue weighted by Gasteiger charge is -2.26. The second-order valence-corrected chi connectivity index (χ2v) is 5.33. The second kappa shape index (κ2) is 5.57. The van der Waals surface area contributed by atoms with Crippen LogP contribution in [0.1, 0.15) is 18.5 Å². The number of benzene rings is 1. The molecule has 0 fully saturated rings. The molecule has 0 aliphatic rings. The predicted octanol–water partition coefficient (Wildman–Crippen LogP) is 3.76. The van der Waals surface area contributed by atoms with Crippen LogP contribution >= 0.6 is 15.9 Å². The van der Waals surface area contributed by atoms with E-state index in [4.69, 9.17) is 5.73 Å². The molecule has 2 aromatic rings. The first-order valence-corrected chi connectivity index (χ1v) is 6.67. The van der Waals surface area contributed by atoms with E-state index in [2.05, 4.69) is 20.9 Å². The summed E-state index contributed by atoms with van der Waals surface area (Å²) in [5, 5.41) is 0. The van der Waals surface area contributed by atoms with E-state index in [-0.39, 0.29) is 11.9 Å². The van der Waals surface area contributed by atoms with Gasteiger partial charge >= 0.3 is 0 Å². The van der Waals surface area contributed by atoms with Gasteiger partial charge in [0.15, 0.2) is 11.6 Å². The molecule has 3 nitrogen and oxygen atoms in total. The Morgan fingerprint density at radius 1 is 1.37 bits per heavy atom. The zero-order valence-corrected chi connectivity index (χ0v) is 12.4. The van der Waals surface area contributed by atoms with E-state index in [0.29, 0.717) is 16.0 Å². The third-order valence-electron chi connectivity index (χ3n) is 3.10. The summed E-state index contributed by atoms with van der Waals surface area (Å²) in [6.07, 6.45) is 1.58. The number of aromatic nitrogens is 1. The van der Waals surface area contributed by atoms with Crippen LogP contribution in [0.15, 0.2) is 41.0 Å². The van der Waals surface area contributed by atoms with E-state index in [1.54, 1.807) is 11.1 Å². The monoisotopic (exact) mass is 323 g/mol. The van der Waals surface area contributed by atoms with E-state index >= 15 is 0 Å². The minimum absolute atomic E-state index is 0.0216. The molecule has 0 saturated carbocycles. The molecule has 2 N–H and O–H groups in total. The second-order valence-electron chi connectivity index (χ2n) is 4.42. The predicted molar refractivity (Wildman–Crippen MR) is 79.6 cm³/mol. The van der Waals surface area contributed by atoms with Crippen molar-refractivity contribution in [1.82, 2.24) is 4.98 Å². The van der Waals surface area contributed by atoms with Gasteiger partial charge in [-0.05, 0) is 46.6 Å². The van der Waals surface area contributed by atoms with Crippen LogP contribution < -0.4 is 10.6 Å². The summed E-state index contributed by atoms with van der Waals surface area (Å²) >= 11 is 3.20. The van der Waals surface area contributed by atoms with E-state index < -0.39 is 0 Å². The Kier molecular flexibility index (Phi) is 4.04. The fraction of sp³-hybridized carbons (Fsp3) is 0.214. The Morgan fingerprint density at radius 2 is 2.11 bits per heavy atom. The Balaban J connectivity index is 2.30. The highest BCUT2D eigenvalue weighted by molar-refractivity contribution is 9.10. The SMILES string of the molecule is CC(c1cccc(N)c1)N(C)c1ncc(Br)cc1F. The van der Waals surface area contributed by atoms with Crippen molar-refractivity contribution in [1.29, 1.82) is 0 Å². The molecule has 0 radical (unpaired) electrons. The molecule has 1 heterocycles. The topological polar surface area (TPSA) is 42.1 Å². The van der Waals surface area contributed by atoms with Crippen molar-refractivity contribution >= 4 is 27.4 Å². The van der Waals surface area contributed by atoms with E-state index in [0.717, 1.165) is 5.56 Å². The molecule has 1 aromatic carbocycles. The van der Waals surface area contributed by atoms with Crippen LogP contribution in [0.2, 0.25) is 0 Å². The quantitative estimate of drug-likeness (QED) is 0.874. The van der Waals surface area contributed by atoms with Crippen molar-refractivity contribution < 1.29 is 4.39 Å². The minimum atomic E-state index is -0.354. The van der Waals surface area contributed by atoms with Gasteiger partial charge in [0.05, 0.1) is 6.04 Å². The van der Waals surface area contributed by atoms with E-state index in [1.165, 1.54) is 6.07 Å². The normalized spacial score (nSPS) is 12.2. The summed E-state index contributed by atoms with van der Waals surface area (Å²) in [7, 11) is 1.81. The van der Waals surface area contributed by atoms with Gasteiger partial charge in [0.25, 0.3) is 0 Å². The van der Waals surface area contributed by atoms with Crippen LogP contribution in [0.5, 0.6) is 0 Å². The Hall–Kier alpha value is -1.62. The fourth-order valence-electron chi connectivity index (χ4n) is 1.89. The first-order valence-electron chi connectivity index (χ1n) is 5.88. The summed E-state index contributed by atoms with van der Waals surface area (Å²) in [6, 6.07) is 8.96. The highest BCUT2D eigenvalue weighted by Gasteiger charge is 2.17. The summed E-state index contributed by atoms with van der Waals surface area (Å²) in [4.78, 5) is 5.91. The summed E-state index contributed by atoms with van der Waals surface area (Å²) in [5.74, 6) is -0.0363. The van der Waals surface area contributed by atoms with E-state index in [1.807, 2.05) is 38.2 Å². The fourth-order valence-corrected chi connectivity index (χ4v) is 2.20. The average Bonchev–Trinajstić information content (AvgIpc) is 2.37. The third kappa shape index (κ3) is 3.04. The van der Waals surface area contributed by atoms with Gasteiger partial charge in [-0.1, -0.05) is 12.1 Å². The number of nitrogens with two attached hydrogens (primary N) is 1. The first-order chi connectivity index (χ1) is 8.99. The first kappa shape index (κ1) is 13.8. The smallest absolute Gasteiger partial charge is 0.166 e. The number of hydrogen-bond donors (Lipinski definition) is 1. The van der Waals surface area contributed by atoms with Crippen LogP contribution in [0.25, 0.3) is 0 Å². The van der Waals surface area contributed by atoms with Gasteiger partial charge < -0.3 is 10.6 Å². The van der Waals surface area contributed by atoms with Gasteiger partial charge in [0.2, 0.25) is 0 Å². The molecule has 0 spiro atoms. The molecule has 1 unspecified atom stereocenters. The van der Waals surface area contributed by atoms with Crippen molar-refractivity contribution in [2.45, 2.75) is 13.0 Å². The maximum absolute atomic E-state index is 13.9. The standard InChI is InChI=1S/C14H15BrFN3/c1-9(10-4-3-5-12(17)6-10)19(2)14-13(16)7-11(15)8-18-14/h3-9H,17H2,1-2H3. The number of hydrogen-bond acceptors (Lipinski definition) is 3. The number of rotatable bonds is 3. The lowest BCUT2D eigenvalue weighted by molar-refractivity contribution is 0.601. The van der Waals surface area contributed by atoms with Gasteiger partial charge in [0, 0.05) is 23.4 Å². The molecule has 0 aliphatic carbocycles. The lowest BCUT2D eigenvalue weighted by atomic mass is 10.1. The molecule has 0 bridgehead atoms. The molecule has 100 valence electrons. The molecule has 5 heteroatoms. The van der Waals surface area contributed by atoms with Crippen LogP contribution in [0.4, 0.5) is 15.9 Å². The summed E-state index contributed by atoms with van der Waals surface area (Å²) in [6.45, 7) is 1.98. The van der Waals surface area contributed by atoms with Crippen molar-refractivity contribution in [3.8, 4) is 0 Å². The third-order valence-corrected chi connectivity index (χ3v) is 3.53. The summed E-state index contributed by atoms with van der Waals surface area (Å²) in [5.41, 5.74) is 7.49. The molecular weight excluding hydrogens is 309 g/mol. The largest absolute Gasteiger partial charge is 0.399 e. The van der Waals surface area contributed by atoms with Crippen LogP contribution in [-0.4, -0.2) is 12.0 Å². The molecule has 0 aliphatic heterocycles. The van der Waals surface area contributed by atoms with Crippen molar-refractivity contribution in [3.63, 3.8) is 0 Å². The van der Waals surface area contributed by atoms with Crippen molar-refractivity contribution in [2.24, 2.45) is 0 Å². The zero-order valence-electron chi connectivity index (χ0n) is 10.8. The molecule has 1 aromatic heterocycles. The number of nitrogen functional groups attached to an aromatic ring is 1. The maximum Gasteiger partial charge on any atom is 0.166 e. The van der Waals surface area contributed by atoms with Gasteiger partial charge in [-0.15, -0.1) is 0 Å². The minimum Gasteiger partial charge on any atom is -0.399 e. The number of nitrogens with zero attached hydrogens (tertiary/aromatic N) is 2. The highest BCUT2D eigenvalue weighted by Crippen LogP contribution is 2.27. The number of anilines is 2. The molecule has 1 atom stereocenters. The van der Waals surface area contributed by atoms with Crippen molar-refractivity contribution in [3.05, 3.63) is 52.4 Å². The van der Waals surface area contributed by atoms with Crippen molar-refractivity contribution in [2.75, 3.05) is 17.7 Å². The Bertz CT molecular complexity index is 589. The van der Waals surface area contributed by atoms with Gasteiger partial charge in [0.1, 0.15) is 0 Å². The number of pyridine rings is 1. The van der Waals surface area contributed by atoms with Crippen LogP contribution in [0, 0.1) is 5.82 Å². The Labute approximate surface area is 120 Å². The summed E-state index contributed by atoms with van der Waals surface area (Å²) < 4.78 is 14.5. The Morgan fingerprint density at radius 3 is 2.74 bits per heavy atom. The lowest BCUT2D eigenvalue weighted by Crippen LogP contribution is -2.23. The molecular formula is C14H15BrFN3. The molecule has 2 rings (SSSR count). The van der Waals surface area contributed by atoms with Crippen LogP contribution in [0.3, 0.4) is 0 Å². The maximum atomic E-state index is 13.9. The molecule has 0 saturated heterocycles. The average molecular weight is 324 g/mol. The molecule has 0 amide bonds. The highest BCUT2D eigenvalue weighted by atomic mass is 79.9. The van der Waals surface area contributed by atoms with Gasteiger partial charge in [-0.2, -0.15) is 0 Å². The van der Waals surface area contributed by atoms with Gasteiger partial charge in [-0.3, -0.25) is 0 Å². The zero-order chi connectivity index (χ0) is 14.0. The molecule has 19 heavy (non-hydrogen) atoms. The van der Waals surface area contributed by atoms with Crippen LogP contribution in [-0.2, 0) is 0 Å². The van der Waals surface area contributed by atoms with Gasteiger partial charge in [-0.25, -0.2) is 9.37 Å².